The minimum atomic E-state index is -0.964. The Morgan fingerprint density at radius 3 is 2.62 bits per heavy atom. The van der Waals surface area contributed by atoms with E-state index in [-0.39, 0.29) is 12.4 Å². The van der Waals surface area contributed by atoms with Crippen LogP contribution in [0.15, 0.2) is 24.3 Å². The number of rotatable bonds is 5. The van der Waals surface area contributed by atoms with E-state index in [9.17, 15) is 9.50 Å². The minimum absolute atomic E-state index is 0.0387. The molecule has 1 unspecified atom stereocenters. The lowest BCUT2D eigenvalue weighted by atomic mass is 10.1. The van der Waals surface area contributed by atoms with Crippen LogP contribution in [-0.2, 0) is 0 Å². The van der Waals surface area contributed by atoms with Crippen LogP contribution in [0.5, 0.6) is 11.6 Å². The summed E-state index contributed by atoms with van der Waals surface area (Å²) in [6, 6.07) is 6.01. The molecule has 5 nitrogen and oxygen atoms in total. The predicted molar refractivity (Wildman–Crippen MR) is 74.9 cm³/mol. The fourth-order valence-corrected chi connectivity index (χ4v) is 1.74. The van der Waals surface area contributed by atoms with Gasteiger partial charge in [-0.05, 0) is 37.1 Å². The maximum Gasteiger partial charge on any atom is 0.233 e. The van der Waals surface area contributed by atoms with E-state index in [4.69, 9.17) is 9.47 Å². The molecule has 0 radical (unpaired) electrons. The number of hydrogen-bond donors (Lipinski definition) is 1. The van der Waals surface area contributed by atoms with Crippen molar-refractivity contribution < 1.29 is 19.0 Å². The highest BCUT2D eigenvalue weighted by Gasteiger charge is 2.12. The topological polar surface area (TPSA) is 64.5 Å². The highest BCUT2D eigenvalue weighted by atomic mass is 19.1. The molecule has 0 spiro atoms. The van der Waals surface area contributed by atoms with Crippen molar-refractivity contribution in [3.63, 3.8) is 0 Å². The van der Waals surface area contributed by atoms with E-state index >= 15 is 0 Å². The van der Waals surface area contributed by atoms with Gasteiger partial charge in [0.05, 0.1) is 12.8 Å². The molecule has 0 amide bonds. The normalized spacial score (nSPS) is 12.0. The zero-order valence-electron chi connectivity index (χ0n) is 12.1. The molecule has 0 saturated carbocycles. The number of benzene rings is 1. The van der Waals surface area contributed by atoms with Gasteiger partial charge in [0.25, 0.3) is 0 Å². The monoisotopic (exact) mass is 292 g/mol. The SMILES string of the molecule is COc1ccc(C(O)COc2cc(C)c(C)nn2)cc1F. The molecule has 0 aliphatic rings. The van der Waals surface area contributed by atoms with Crippen LogP contribution in [0.2, 0.25) is 0 Å². The van der Waals surface area contributed by atoms with Gasteiger partial charge in [0, 0.05) is 6.07 Å². The molecule has 1 heterocycles. The standard InChI is InChI=1S/C15H17FN2O3/c1-9-6-15(18-17-10(9)2)21-8-13(19)11-4-5-14(20-3)12(16)7-11/h4-7,13,19H,8H2,1-3H3. The van der Waals surface area contributed by atoms with Gasteiger partial charge < -0.3 is 14.6 Å². The summed E-state index contributed by atoms with van der Waals surface area (Å²) in [5.74, 6) is -0.0712. The Hall–Kier alpha value is -2.21. The van der Waals surface area contributed by atoms with Crippen molar-refractivity contribution in [1.29, 1.82) is 0 Å². The summed E-state index contributed by atoms with van der Waals surface area (Å²) in [5.41, 5.74) is 2.18. The van der Waals surface area contributed by atoms with Crippen LogP contribution in [0.3, 0.4) is 0 Å². The second kappa shape index (κ2) is 6.49. The third-order valence-electron chi connectivity index (χ3n) is 3.16. The van der Waals surface area contributed by atoms with E-state index < -0.39 is 11.9 Å². The number of ether oxygens (including phenoxy) is 2. The van der Waals surface area contributed by atoms with Crippen LogP contribution in [0.4, 0.5) is 4.39 Å². The minimum Gasteiger partial charge on any atom is -0.494 e. The van der Waals surface area contributed by atoms with E-state index in [1.165, 1.54) is 19.2 Å². The van der Waals surface area contributed by atoms with Crippen LogP contribution >= 0.6 is 0 Å². The molecule has 0 fully saturated rings. The highest BCUT2D eigenvalue weighted by molar-refractivity contribution is 5.30. The van der Waals surface area contributed by atoms with Crippen molar-refractivity contribution in [2.75, 3.05) is 13.7 Å². The third kappa shape index (κ3) is 3.66. The number of aromatic nitrogens is 2. The van der Waals surface area contributed by atoms with E-state index in [2.05, 4.69) is 10.2 Å². The number of methoxy groups -OCH3 is 1. The predicted octanol–water partition coefficient (Wildman–Crippen LogP) is 2.35. The Balaban J connectivity index is 2.02. The number of halogens is 1. The molecular formula is C15H17FN2O3. The molecule has 1 aromatic heterocycles. The van der Waals surface area contributed by atoms with Gasteiger partial charge in [-0.25, -0.2) is 4.39 Å². The molecule has 0 bridgehead atoms. The highest BCUT2D eigenvalue weighted by Crippen LogP contribution is 2.22. The van der Waals surface area contributed by atoms with Crippen molar-refractivity contribution in [1.82, 2.24) is 10.2 Å². The van der Waals surface area contributed by atoms with E-state index in [1.807, 2.05) is 13.8 Å². The molecule has 2 aromatic rings. The smallest absolute Gasteiger partial charge is 0.233 e. The summed E-state index contributed by atoms with van der Waals surface area (Å²) < 4.78 is 23.8. The molecule has 0 saturated heterocycles. The average Bonchev–Trinajstić information content (AvgIpc) is 2.48. The molecule has 1 N–H and O–H groups in total. The van der Waals surface area contributed by atoms with Gasteiger partial charge in [0.2, 0.25) is 5.88 Å². The van der Waals surface area contributed by atoms with E-state index in [0.717, 1.165) is 11.3 Å². The Labute approximate surface area is 122 Å². The molecule has 112 valence electrons. The zero-order chi connectivity index (χ0) is 15.4. The molecule has 21 heavy (non-hydrogen) atoms. The fourth-order valence-electron chi connectivity index (χ4n) is 1.74. The van der Waals surface area contributed by atoms with E-state index in [0.29, 0.717) is 11.4 Å². The Bertz CT molecular complexity index is 634. The van der Waals surface area contributed by atoms with Gasteiger partial charge in [-0.2, -0.15) is 5.10 Å². The van der Waals surface area contributed by atoms with Crippen molar-refractivity contribution >= 4 is 0 Å². The van der Waals surface area contributed by atoms with Gasteiger partial charge in [0.15, 0.2) is 11.6 Å². The van der Waals surface area contributed by atoms with Crippen LogP contribution in [0.1, 0.15) is 22.9 Å². The van der Waals surface area contributed by atoms with Crippen molar-refractivity contribution in [2.45, 2.75) is 20.0 Å². The molecule has 1 atom stereocenters. The van der Waals surface area contributed by atoms with Gasteiger partial charge in [-0.3, -0.25) is 0 Å². The van der Waals surface area contributed by atoms with Crippen LogP contribution < -0.4 is 9.47 Å². The summed E-state index contributed by atoms with van der Waals surface area (Å²) in [6.07, 6.45) is -0.964. The first-order chi connectivity index (χ1) is 10.0. The van der Waals surface area contributed by atoms with Crippen molar-refractivity contribution in [2.24, 2.45) is 0 Å². The Morgan fingerprint density at radius 1 is 1.24 bits per heavy atom. The van der Waals surface area contributed by atoms with Gasteiger partial charge >= 0.3 is 0 Å². The lowest BCUT2D eigenvalue weighted by Gasteiger charge is -2.13. The van der Waals surface area contributed by atoms with E-state index in [1.54, 1.807) is 12.1 Å². The quantitative estimate of drug-likeness (QED) is 0.916. The summed E-state index contributed by atoms with van der Waals surface area (Å²) in [4.78, 5) is 0. The van der Waals surface area contributed by atoms with Gasteiger partial charge in [-0.15, -0.1) is 5.10 Å². The Morgan fingerprint density at radius 2 is 2.00 bits per heavy atom. The maximum absolute atomic E-state index is 13.6. The van der Waals surface area contributed by atoms with Gasteiger partial charge in [-0.1, -0.05) is 6.07 Å². The maximum atomic E-state index is 13.6. The second-order valence-corrected chi connectivity index (χ2v) is 4.67. The lowest BCUT2D eigenvalue weighted by Crippen LogP contribution is -2.11. The summed E-state index contributed by atoms with van der Waals surface area (Å²) in [5, 5.41) is 17.8. The molecule has 1 aromatic carbocycles. The number of aliphatic hydroxyl groups is 1. The second-order valence-electron chi connectivity index (χ2n) is 4.67. The Kier molecular flexibility index (Phi) is 4.70. The average molecular weight is 292 g/mol. The summed E-state index contributed by atoms with van der Waals surface area (Å²) in [6.45, 7) is 3.70. The molecular weight excluding hydrogens is 275 g/mol. The first-order valence-electron chi connectivity index (χ1n) is 6.46. The third-order valence-corrected chi connectivity index (χ3v) is 3.16. The molecule has 0 aliphatic heterocycles. The molecule has 6 heteroatoms. The zero-order valence-corrected chi connectivity index (χ0v) is 12.1. The number of nitrogens with zero attached hydrogens (tertiary/aromatic N) is 2. The summed E-state index contributed by atoms with van der Waals surface area (Å²) in [7, 11) is 1.38. The molecule has 0 aliphatic carbocycles. The van der Waals surface area contributed by atoms with Crippen LogP contribution in [0, 0.1) is 19.7 Å². The first kappa shape index (κ1) is 15.2. The number of hydrogen-bond acceptors (Lipinski definition) is 5. The van der Waals surface area contributed by atoms with Crippen LogP contribution in [0.25, 0.3) is 0 Å². The van der Waals surface area contributed by atoms with Crippen molar-refractivity contribution in [3.8, 4) is 11.6 Å². The number of aliphatic hydroxyl groups excluding tert-OH is 1. The fraction of sp³-hybridized carbons (Fsp3) is 0.333. The largest absolute Gasteiger partial charge is 0.494 e. The first-order valence-corrected chi connectivity index (χ1v) is 6.46. The van der Waals surface area contributed by atoms with Gasteiger partial charge in [0.1, 0.15) is 12.7 Å². The lowest BCUT2D eigenvalue weighted by molar-refractivity contribution is 0.104. The number of aryl methyl sites for hydroxylation is 2. The van der Waals surface area contributed by atoms with Crippen molar-refractivity contribution in [3.05, 3.63) is 46.9 Å². The van der Waals surface area contributed by atoms with Crippen LogP contribution in [-0.4, -0.2) is 29.0 Å². The molecule has 2 rings (SSSR count). The summed E-state index contributed by atoms with van der Waals surface area (Å²) >= 11 is 0.